The average Bonchev–Trinajstić information content (AvgIpc) is 2.60. The van der Waals surface area contributed by atoms with Crippen LogP contribution in [0.4, 0.5) is 0 Å². The van der Waals surface area contributed by atoms with E-state index in [0.717, 1.165) is 5.57 Å². The van der Waals surface area contributed by atoms with Gasteiger partial charge in [0, 0.05) is 18.9 Å². The van der Waals surface area contributed by atoms with Crippen LogP contribution in [0.15, 0.2) is 35.6 Å². The molecule has 1 amide bonds. The van der Waals surface area contributed by atoms with Gasteiger partial charge in [0.25, 0.3) is 0 Å². The molecular weight excluding hydrogens is 358 g/mol. The Hall–Kier alpha value is -2.20. The van der Waals surface area contributed by atoms with Crippen molar-refractivity contribution in [2.45, 2.75) is 50.6 Å². The quantitative estimate of drug-likeness (QED) is 0.450. The lowest BCUT2D eigenvalue weighted by atomic mass is 9.88. The molecule has 0 radical (unpaired) electrons. The smallest absolute Gasteiger partial charge is 0.331 e. The van der Waals surface area contributed by atoms with Gasteiger partial charge in [-0.15, -0.1) is 0 Å². The Morgan fingerprint density at radius 1 is 1.33 bits per heavy atom. The van der Waals surface area contributed by atoms with Gasteiger partial charge in [-0.3, -0.25) is 4.79 Å². The maximum atomic E-state index is 11.6. The van der Waals surface area contributed by atoms with E-state index < -0.39 is 55.2 Å². The average molecular weight is 381 g/mol. The molecule has 1 aliphatic carbocycles. The molecular formula is C18H23NO8. The Morgan fingerprint density at radius 2 is 2.07 bits per heavy atom. The number of rotatable bonds is 4. The van der Waals surface area contributed by atoms with Gasteiger partial charge in [0.15, 0.2) is 0 Å². The van der Waals surface area contributed by atoms with Crippen molar-refractivity contribution in [3.63, 3.8) is 0 Å². The number of carbonyl (C=O) groups excluding carboxylic acids is 2. The molecule has 0 spiro atoms. The van der Waals surface area contributed by atoms with E-state index in [1.54, 1.807) is 12.2 Å². The topological polar surface area (TPSA) is 135 Å². The molecule has 0 aromatic rings. The lowest BCUT2D eigenvalue weighted by Crippen LogP contribution is -2.64. The normalized spacial score (nSPS) is 38.3. The van der Waals surface area contributed by atoms with Gasteiger partial charge in [0.1, 0.15) is 36.2 Å². The number of esters is 1. The molecule has 0 bridgehead atoms. The molecule has 9 heteroatoms. The van der Waals surface area contributed by atoms with Crippen LogP contribution in [0.25, 0.3) is 0 Å². The standard InChI is InChI=1S/C18H23NO8/c1-8-5-14(22)26-12-6-10(3-4-11(8)12)25-18-15(19-9(2)21)17(24)16(23)13(7-20)27-18/h3-6,11-13,15-18,20,23-24H,7H2,1-2H3,(H,19,21)/t11-,12+,13-,15-,16-,17-,18-/m1/s1. The summed E-state index contributed by atoms with van der Waals surface area (Å²) in [6.07, 6.45) is 0.990. The van der Waals surface area contributed by atoms with E-state index in [2.05, 4.69) is 5.32 Å². The number of hydrogen-bond acceptors (Lipinski definition) is 8. The van der Waals surface area contributed by atoms with Crippen molar-refractivity contribution in [3.05, 3.63) is 35.6 Å². The molecule has 9 nitrogen and oxygen atoms in total. The number of hydrogen-bond donors (Lipinski definition) is 4. The Morgan fingerprint density at radius 3 is 2.74 bits per heavy atom. The zero-order valence-corrected chi connectivity index (χ0v) is 14.9. The van der Waals surface area contributed by atoms with Crippen molar-refractivity contribution in [2.75, 3.05) is 6.61 Å². The first-order valence-electron chi connectivity index (χ1n) is 8.65. The van der Waals surface area contributed by atoms with E-state index >= 15 is 0 Å². The summed E-state index contributed by atoms with van der Waals surface area (Å²) in [6.45, 7) is 2.56. The number of ether oxygens (including phenoxy) is 3. The van der Waals surface area contributed by atoms with Crippen molar-refractivity contribution in [2.24, 2.45) is 5.92 Å². The van der Waals surface area contributed by atoms with Gasteiger partial charge >= 0.3 is 5.97 Å². The van der Waals surface area contributed by atoms with Crippen molar-refractivity contribution in [1.29, 1.82) is 0 Å². The van der Waals surface area contributed by atoms with Crippen molar-refractivity contribution < 1.29 is 39.1 Å². The summed E-state index contributed by atoms with van der Waals surface area (Å²) in [5.41, 5.74) is 0.867. The zero-order valence-electron chi connectivity index (χ0n) is 14.9. The molecule has 2 heterocycles. The minimum absolute atomic E-state index is 0.0916. The number of aliphatic hydroxyl groups is 3. The summed E-state index contributed by atoms with van der Waals surface area (Å²) in [4.78, 5) is 23.1. The SMILES string of the molecule is CC(=O)N[C@H]1[C@H](OC2=C[C@@H]3OC(=O)C=C(C)[C@H]3C=C2)O[C@H](CO)[C@@H](O)[C@@H]1O. The van der Waals surface area contributed by atoms with Crippen LogP contribution in [-0.4, -0.2) is 70.6 Å². The molecule has 1 fully saturated rings. The summed E-state index contributed by atoms with van der Waals surface area (Å²) >= 11 is 0. The highest BCUT2D eigenvalue weighted by Crippen LogP contribution is 2.32. The number of fused-ring (bicyclic) bond motifs is 1. The van der Waals surface area contributed by atoms with Gasteiger partial charge in [-0.25, -0.2) is 4.79 Å². The van der Waals surface area contributed by atoms with Crippen LogP contribution in [-0.2, 0) is 23.8 Å². The van der Waals surface area contributed by atoms with E-state index in [-0.39, 0.29) is 5.92 Å². The molecule has 0 unspecified atom stereocenters. The Bertz CT molecular complexity index is 699. The highest BCUT2D eigenvalue weighted by molar-refractivity contribution is 5.84. The first-order valence-corrected chi connectivity index (χ1v) is 8.65. The highest BCUT2D eigenvalue weighted by atomic mass is 16.7. The second kappa shape index (κ2) is 7.81. The summed E-state index contributed by atoms with van der Waals surface area (Å²) in [5, 5.41) is 32.2. The van der Waals surface area contributed by atoms with Crippen LogP contribution in [0.5, 0.6) is 0 Å². The molecule has 3 aliphatic rings. The van der Waals surface area contributed by atoms with Crippen molar-refractivity contribution >= 4 is 11.9 Å². The Labute approximate surface area is 155 Å². The van der Waals surface area contributed by atoms with Crippen molar-refractivity contribution in [1.82, 2.24) is 5.32 Å². The van der Waals surface area contributed by atoms with Crippen LogP contribution in [0, 0.1) is 5.92 Å². The number of amides is 1. The first kappa shape index (κ1) is 19.6. The fraction of sp³-hybridized carbons (Fsp3) is 0.556. The Balaban J connectivity index is 1.78. The fourth-order valence-electron chi connectivity index (χ4n) is 3.38. The summed E-state index contributed by atoms with van der Waals surface area (Å²) in [5.74, 6) is -0.657. The van der Waals surface area contributed by atoms with Crippen LogP contribution in [0.3, 0.4) is 0 Å². The second-order valence-corrected chi connectivity index (χ2v) is 6.79. The number of aliphatic hydroxyl groups excluding tert-OH is 3. The molecule has 2 aliphatic heterocycles. The predicted molar refractivity (Wildman–Crippen MR) is 90.8 cm³/mol. The second-order valence-electron chi connectivity index (χ2n) is 6.79. The lowest BCUT2D eigenvalue weighted by Gasteiger charge is -2.42. The van der Waals surface area contributed by atoms with E-state index in [1.807, 2.05) is 13.0 Å². The van der Waals surface area contributed by atoms with Gasteiger partial charge < -0.3 is 34.8 Å². The first-order chi connectivity index (χ1) is 12.8. The van der Waals surface area contributed by atoms with Gasteiger partial charge in [-0.05, 0) is 19.1 Å². The highest BCUT2D eigenvalue weighted by Gasteiger charge is 2.46. The number of nitrogens with one attached hydrogen (secondary N) is 1. The van der Waals surface area contributed by atoms with E-state index in [0.29, 0.717) is 5.76 Å². The summed E-state index contributed by atoms with van der Waals surface area (Å²) in [7, 11) is 0. The minimum atomic E-state index is -1.40. The van der Waals surface area contributed by atoms with E-state index in [4.69, 9.17) is 14.2 Å². The maximum Gasteiger partial charge on any atom is 0.331 e. The third-order valence-electron chi connectivity index (χ3n) is 4.78. The van der Waals surface area contributed by atoms with Gasteiger partial charge in [-0.1, -0.05) is 11.6 Å². The molecule has 0 aromatic heterocycles. The molecule has 1 saturated heterocycles. The van der Waals surface area contributed by atoms with Crippen molar-refractivity contribution in [3.8, 4) is 0 Å². The molecule has 148 valence electrons. The molecule has 0 aromatic carbocycles. The van der Waals surface area contributed by atoms with Gasteiger partial charge in [0.05, 0.1) is 6.61 Å². The number of carbonyl (C=O) groups is 2. The van der Waals surface area contributed by atoms with Crippen LogP contribution in [0.2, 0.25) is 0 Å². The Kier molecular flexibility index (Phi) is 5.66. The third-order valence-corrected chi connectivity index (χ3v) is 4.78. The van der Waals surface area contributed by atoms with Crippen LogP contribution >= 0.6 is 0 Å². The maximum absolute atomic E-state index is 11.6. The van der Waals surface area contributed by atoms with Crippen LogP contribution < -0.4 is 5.32 Å². The predicted octanol–water partition coefficient (Wildman–Crippen LogP) is -1.11. The third kappa shape index (κ3) is 4.06. The van der Waals surface area contributed by atoms with E-state index in [1.165, 1.54) is 13.0 Å². The molecule has 4 N–H and O–H groups in total. The zero-order chi connectivity index (χ0) is 19.7. The fourth-order valence-corrected chi connectivity index (χ4v) is 3.38. The van der Waals surface area contributed by atoms with Gasteiger partial charge in [0.2, 0.25) is 12.2 Å². The molecule has 7 atom stereocenters. The van der Waals surface area contributed by atoms with E-state index in [9.17, 15) is 24.9 Å². The largest absolute Gasteiger partial charge is 0.463 e. The minimum Gasteiger partial charge on any atom is -0.463 e. The summed E-state index contributed by atoms with van der Waals surface area (Å²) in [6, 6.07) is -1.05. The molecule has 27 heavy (non-hydrogen) atoms. The van der Waals surface area contributed by atoms with Crippen LogP contribution in [0.1, 0.15) is 13.8 Å². The summed E-state index contributed by atoms with van der Waals surface area (Å²) < 4.78 is 16.6. The van der Waals surface area contributed by atoms with Gasteiger partial charge in [-0.2, -0.15) is 0 Å². The monoisotopic (exact) mass is 381 g/mol. The lowest BCUT2D eigenvalue weighted by molar-refractivity contribution is -0.258. The molecule has 0 saturated carbocycles. The molecule has 3 rings (SSSR count). The number of allylic oxidation sites excluding steroid dienone is 1.